The van der Waals surface area contributed by atoms with Crippen molar-refractivity contribution in [3.63, 3.8) is 0 Å². The summed E-state index contributed by atoms with van der Waals surface area (Å²) in [5, 5.41) is 3.04. The number of ether oxygens (including phenoxy) is 3. The Morgan fingerprint density at radius 2 is 1.49 bits per heavy atom. The molecule has 3 aromatic rings. The van der Waals surface area contributed by atoms with E-state index in [1.54, 1.807) is 27.8 Å². The van der Waals surface area contributed by atoms with E-state index in [0.717, 1.165) is 68.6 Å². The van der Waals surface area contributed by atoms with Crippen LogP contribution in [0.25, 0.3) is 11.1 Å². The molecule has 63 heavy (non-hydrogen) atoms. The highest BCUT2D eigenvalue weighted by Crippen LogP contribution is 2.34. The third kappa shape index (κ3) is 10.4. The number of aryl methyl sites for hydroxylation is 2. The first-order valence-corrected chi connectivity index (χ1v) is 22.8. The van der Waals surface area contributed by atoms with Gasteiger partial charge in [0.1, 0.15) is 0 Å². The predicted molar refractivity (Wildman–Crippen MR) is 232 cm³/mol. The Labute approximate surface area is 367 Å². The summed E-state index contributed by atoms with van der Waals surface area (Å²) < 4.78 is 23.8. The molecule has 17 heteroatoms. The molecular formula is C46H61N7O10. The van der Waals surface area contributed by atoms with E-state index in [9.17, 15) is 28.8 Å². The number of nitrogens with one attached hydrogen (secondary N) is 1. The second-order valence-corrected chi connectivity index (χ2v) is 17.7. The van der Waals surface area contributed by atoms with Crippen LogP contribution in [0.15, 0.2) is 45.6 Å². The topological polar surface area (TPSA) is 176 Å². The Kier molecular flexibility index (Phi) is 14.0. The number of carbonyl (C=O) groups excluding carboxylic acids is 5. The van der Waals surface area contributed by atoms with Crippen LogP contribution in [0.5, 0.6) is 0 Å². The van der Waals surface area contributed by atoms with Crippen molar-refractivity contribution in [2.24, 2.45) is 18.9 Å². The summed E-state index contributed by atoms with van der Waals surface area (Å²) in [6.45, 7) is 9.38. The minimum absolute atomic E-state index is 0.0394. The number of piperidine rings is 3. The lowest BCUT2D eigenvalue weighted by atomic mass is 9.78. The molecule has 0 spiro atoms. The Balaban J connectivity index is 0.846. The highest BCUT2D eigenvalue weighted by molar-refractivity contribution is 6.32. The van der Waals surface area contributed by atoms with Crippen LogP contribution in [-0.2, 0) is 48.5 Å². The van der Waals surface area contributed by atoms with Crippen molar-refractivity contribution in [1.82, 2.24) is 29.1 Å². The lowest BCUT2D eigenvalue weighted by molar-refractivity contribution is -0.161. The number of para-hydroxylation sites is 1. The minimum atomic E-state index is -1.11. The maximum Gasteiger partial charge on any atom is 0.419 e. The molecule has 17 nitrogen and oxygen atoms in total. The maximum atomic E-state index is 14.4. The second-order valence-electron chi connectivity index (χ2n) is 17.7. The van der Waals surface area contributed by atoms with E-state index >= 15 is 0 Å². The van der Waals surface area contributed by atoms with Gasteiger partial charge in [-0.2, -0.15) is 0 Å². The molecular weight excluding hydrogens is 811 g/mol. The predicted octanol–water partition coefficient (Wildman–Crippen LogP) is 3.78. The summed E-state index contributed by atoms with van der Waals surface area (Å²) in [4.78, 5) is 88.5. The van der Waals surface area contributed by atoms with E-state index < -0.39 is 29.8 Å². The van der Waals surface area contributed by atoms with E-state index in [4.69, 9.17) is 18.6 Å². The van der Waals surface area contributed by atoms with Gasteiger partial charge in [-0.05, 0) is 98.9 Å². The number of benzene rings is 2. The molecule has 5 aliphatic heterocycles. The molecule has 0 saturated carbocycles. The van der Waals surface area contributed by atoms with E-state index in [1.807, 2.05) is 42.2 Å². The molecule has 4 saturated heterocycles. The number of hydrogen-bond acceptors (Lipinski definition) is 11. The van der Waals surface area contributed by atoms with Gasteiger partial charge in [0.25, 0.3) is 5.91 Å². The molecule has 0 aliphatic carbocycles. The van der Waals surface area contributed by atoms with E-state index in [2.05, 4.69) is 10.2 Å². The number of fused-ring (bicyclic) bond motifs is 2. The van der Waals surface area contributed by atoms with Gasteiger partial charge < -0.3 is 43.5 Å². The largest absolute Gasteiger partial charge is 0.458 e. The number of amides is 5. The van der Waals surface area contributed by atoms with E-state index in [-0.39, 0.29) is 31.0 Å². The Bertz CT molecular complexity index is 2190. The van der Waals surface area contributed by atoms with Gasteiger partial charge in [-0.15, -0.1) is 0 Å². The molecule has 0 radical (unpaired) electrons. The molecule has 8 rings (SSSR count). The summed E-state index contributed by atoms with van der Waals surface area (Å²) in [5.74, 6) is -1.41. The monoisotopic (exact) mass is 871 g/mol. The second kappa shape index (κ2) is 20.0. The van der Waals surface area contributed by atoms with Gasteiger partial charge in [0.05, 0.1) is 25.3 Å². The first-order chi connectivity index (χ1) is 30.5. The van der Waals surface area contributed by atoms with Crippen LogP contribution in [0, 0.1) is 18.8 Å². The number of esters is 1. The number of urea groups is 1. The van der Waals surface area contributed by atoms with Crippen LogP contribution < -0.4 is 11.1 Å². The molecule has 0 unspecified atom stereocenters. The van der Waals surface area contributed by atoms with Crippen LogP contribution >= 0.6 is 0 Å². The van der Waals surface area contributed by atoms with Gasteiger partial charge in [-0.3, -0.25) is 19.1 Å². The normalized spacial score (nSPS) is 20.3. The number of nitrogens with zero attached hydrogens (tertiary/aromatic N) is 6. The third-order valence-electron chi connectivity index (χ3n) is 13.9. The lowest BCUT2D eigenvalue weighted by Crippen LogP contribution is -2.52. The van der Waals surface area contributed by atoms with Crippen LogP contribution in [0.3, 0.4) is 0 Å². The van der Waals surface area contributed by atoms with Crippen molar-refractivity contribution in [3.8, 4) is 0 Å². The Hall–Kier alpha value is -5.42. The van der Waals surface area contributed by atoms with Gasteiger partial charge in [-0.1, -0.05) is 24.3 Å². The van der Waals surface area contributed by atoms with Crippen molar-refractivity contribution in [3.05, 3.63) is 63.6 Å². The quantitative estimate of drug-likeness (QED) is 0.178. The summed E-state index contributed by atoms with van der Waals surface area (Å²) >= 11 is 0. The summed E-state index contributed by atoms with van der Waals surface area (Å²) in [7, 11) is 1.65. The van der Waals surface area contributed by atoms with Crippen molar-refractivity contribution in [1.29, 1.82) is 0 Å². The molecule has 5 aliphatic rings. The smallest absolute Gasteiger partial charge is 0.419 e. The number of anilines is 1. The van der Waals surface area contributed by atoms with Crippen molar-refractivity contribution in [2.45, 2.75) is 76.9 Å². The van der Waals surface area contributed by atoms with E-state index in [1.165, 1.54) is 4.57 Å². The minimum Gasteiger partial charge on any atom is -0.458 e. The Morgan fingerprint density at radius 1 is 0.825 bits per heavy atom. The number of oxazole rings is 1. The zero-order valence-corrected chi connectivity index (χ0v) is 36.6. The van der Waals surface area contributed by atoms with E-state index in [0.29, 0.717) is 107 Å². The number of rotatable bonds is 10. The fourth-order valence-corrected chi connectivity index (χ4v) is 10.2. The average Bonchev–Trinajstić information content (AvgIpc) is 3.48. The van der Waals surface area contributed by atoms with Crippen LogP contribution in [0.4, 0.5) is 15.3 Å². The third-order valence-corrected chi connectivity index (χ3v) is 13.9. The molecule has 0 bridgehead atoms. The zero-order valence-electron chi connectivity index (χ0n) is 36.6. The summed E-state index contributed by atoms with van der Waals surface area (Å²) in [6, 6.07) is 11.3. The molecule has 340 valence electrons. The number of likely N-dealkylation sites (tertiary alicyclic amines) is 3. The number of hydrogen-bond donors (Lipinski definition) is 1. The molecule has 1 N–H and O–H groups in total. The van der Waals surface area contributed by atoms with Crippen LogP contribution in [0.2, 0.25) is 0 Å². The molecule has 1 atom stereocenters. The van der Waals surface area contributed by atoms with Gasteiger partial charge >= 0.3 is 29.8 Å². The SMILES string of the molecule is Cc1cc(C[C@@H](OC(=O)N2CCC(N3CCc4ccccc4NC3=O)CC2)C(=O)N2CCC(C3CCN(C(=O)C(=O)OCCCN4CCOCC4)CC3)CC2)cc2oc(=O)n(C)c12. The maximum absolute atomic E-state index is 14.4. The number of aromatic nitrogens is 1. The summed E-state index contributed by atoms with van der Waals surface area (Å²) in [6.07, 6.45) is 4.11. The molecule has 1 aromatic heterocycles. The number of carbonyl (C=O) groups is 5. The summed E-state index contributed by atoms with van der Waals surface area (Å²) in [5.41, 5.74) is 4.51. The van der Waals surface area contributed by atoms with Gasteiger partial charge in [0, 0.05) is 90.6 Å². The highest BCUT2D eigenvalue weighted by Gasteiger charge is 2.38. The zero-order chi connectivity index (χ0) is 44.0. The molecule has 6 heterocycles. The fraction of sp³-hybridized carbons (Fsp3) is 0.609. The molecule has 2 aromatic carbocycles. The van der Waals surface area contributed by atoms with Crippen molar-refractivity contribution >= 4 is 46.7 Å². The standard InChI is InChI=1S/C46H61N7O10/c1-31-28-32(29-38-40(31)48(2)45(58)62-38)30-39(63-46(59)52-20-13-36(14-21-52)53-22-12-35-6-3-4-7-37(35)47-44(53)57)41(54)50-16-8-33(9-17-50)34-10-18-51(19-11-34)42(55)43(56)61-25-5-15-49-23-26-60-27-24-49/h3-4,6-7,28-29,33-34,36,39H,5,8-27,30H2,1-2H3,(H,47,57)/t39-/m1/s1. The van der Waals surface area contributed by atoms with Gasteiger partial charge in [0.2, 0.25) is 0 Å². The van der Waals surface area contributed by atoms with Crippen molar-refractivity contribution in [2.75, 3.05) is 90.6 Å². The first-order valence-electron chi connectivity index (χ1n) is 22.8. The average molecular weight is 872 g/mol. The van der Waals surface area contributed by atoms with Gasteiger partial charge in [0.15, 0.2) is 11.7 Å². The molecule has 4 fully saturated rings. The Morgan fingerprint density at radius 3 is 2.21 bits per heavy atom. The highest BCUT2D eigenvalue weighted by atomic mass is 16.6. The molecule has 5 amide bonds. The fourth-order valence-electron chi connectivity index (χ4n) is 10.2. The van der Waals surface area contributed by atoms with Crippen LogP contribution in [0.1, 0.15) is 61.6 Å². The first kappa shape index (κ1) is 44.2. The lowest BCUT2D eigenvalue weighted by Gasteiger charge is -2.41. The van der Waals surface area contributed by atoms with Crippen LogP contribution in [-0.4, -0.2) is 156 Å². The number of morpholine rings is 1. The van der Waals surface area contributed by atoms with Gasteiger partial charge in [-0.25, -0.2) is 19.2 Å². The van der Waals surface area contributed by atoms with Crippen molar-refractivity contribution < 1.29 is 42.6 Å².